The number of amides is 12. The second-order valence-corrected chi connectivity index (χ2v) is 28.1. The zero-order chi connectivity index (χ0) is 80.5. The van der Waals surface area contributed by atoms with Crippen LogP contribution in [0.4, 0.5) is 0 Å². The van der Waals surface area contributed by atoms with Gasteiger partial charge in [0.1, 0.15) is 84.0 Å². The molecule has 0 radical (unpaired) electrons. The van der Waals surface area contributed by atoms with Crippen LogP contribution >= 0.6 is 50.5 Å². The minimum absolute atomic E-state index is 0.0499. The number of carbonyl (C=O) groups is 14. The van der Waals surface area contributed by atoms with E-state index in [2.05, 4.69) is 114 Å². The van der Waals surface area contributed by atoms with Gasteiger partial charge in [0.25, 0.3) is 0 Å². The minimum Gasteiger partial charge on any atom is -0.508 e. The third-order valence-corrected chi connectivity index (χ3v) is 18.2. The molecule has 0 unspecified atom stereocenters. The SMILES string of the molecule is CC(C)C[C@H](NC(=O)[C@H](CS)NC(=O)[C@H](Cc1ccc(O)cc1)NC(=O)[C@H](CO)NC(=O)[C@@H](NC(=O)[C@@H](N)CS)C(C)C)C(=O)N[C@@H](Cc1ccccc1)C(=O)N[C@@H](CCC(=O)O)C(=O)N[C@@H](Cc1ccccc1)C(=O)N[C@@H](CS)C(=O)N[C@@H](Cc1ccc(O)cc1)C(=O)N[C@H](C(=O)N[C@@H](CS)C(=O)O)C(C)C. The lowest BCUT2D eigenvalue weighted by molar-refractivity contribution is -0.142. The van der Waals surface area contributed by atoms with Crippen LogP contribution in [-0.2, 0) is 92.8 Å². The van der Waals surface area contributed by atoms with Gasteiger partial charge in [-0.2, -0.15) is 50.5 Å². The highest BCUT2D eigenvalue weighted by molar-refractivity contribution is 7.80. The van der Waals surface area contributed by atoms with Crippen LogP contribution in [0.15, 0.2) is 109 Å². The first-order valence-corrected chi connectivity index (χ1v) is 37.2. The Balaban J connectivity index is 1.64. The molecule has 19 N–H and O–H groups in total. The molecule has 0 spiro atoms. The van der Waals surface area contributed by atoms with E-state index in [1.807, 2.05) is 0 Å². The molecular weight excluding hydrogens is 1480 g/mol. The number of aliphatic hydroxyl groups is 1. The van der Waals surface area contributed by atoms with Crippen LogP contribution in [0.5, 0.6) is 11.5 Å². The fourth-order valence-corrected chi connectivity index (χ4v) is 11.6. The van der Waals surface area contributed by atoms with Gasteiger partial charge in [-0.25, -0.2) is 4.79 Å². The van der Waals surface area contributed by atoms with Gasteiger partial charge in [0.05, 0.1) is 12.6 Å². The maximum Gasteiger partial charge on any atom is 0.327 e. The molecule has 0 aliphatic heterocycles. The summed E-state index contributed by atoms with van der Waals surface area (Å²) in [6, 6.07) is 8.16. The molecule has 4 aromatic carbocycles. The first-order chi connectivity index (χ1) is 51.1. The summed E-state index contributed by atoms with van der Waals surface area (Å²) in [6.07, 6.45) is -2.48. The van der Waals surface area contributed by atoms with Crippen LogP contribution < -0.4 is 69.5 Å². The zero-order valence-corrected chi connectivity index (χ0v) is 64.0. The van der Waals surface area contributed by atoms with Gasteiger partial charge < -0.3 is 95.1 Å². The number of phenolic OH excluding ortho intramolecular Hbond substituents is 2. The summed E-state index contributed by atoms with van der Waals surface area (Å²) >= 11 is 16.7. The topological polar surface area (TPSA) is 511 Å². The van der Waals surface area contributed by atoms with Crippen molar-refractivity contribution in [3.8, 4) is 11.5 Å². The maximum atomic E-state index is 14.8. The molecule has 590 valence electrons. The number of carbonyl (C=O) groups excluding carboxylic acids is 12. The Morgan fingerprint density at radius 2 is 0.630 bits per heavy atom. The summed E-state index contributed by atoms with van der Waals surface area (Å²) in [6.45, 7) is 8.84. The number of carboxylic acid groups (broad SMARTS) is 2. The fraction of sp³-hybridized carbons (Fsp3) is 0.472. The highest BCUT2D eigenvalue weighted by Gasteiger charge is 2.38. The number of aliphatic hydroxyl groups excluding tert-OH is 1. The molecule has 0 saturated heterocycles. The number of nitrogens with two attached hydrogens (primary N) is 1. The quantitative estimate of drug-likeness (QED) is 0.0225. The van der Waals surface area contributed by atoms with Crippen molar-refractivity contribution < 1.29 is 92.7 Å². The predicted octanol–water partition coefficient (Wildman–Crippen LogP) is -1.47. The molecule has 0 aromatic heterocycles. The lowest BCUT2D eigenvalue weighted by atomic mass is 10.00. The molecule has 0 aliphatic carbocycles. The number of phenols is 2. The van der Waals surface area contributed by atoms with Crippen molar-refractivity contribution >= 4 is 133 Å². The third-order valence-electron chi connectivity index (χ3n) is 16.7. The van der Waals surface area contributed by atoms with Gasteiger partial charge in [0.15, 0.2) is 0 Å². The zero-order valence-electron chi connectivity index (χ0n) is 60.4. The minimum atomic E-state index is -1.76. The van der Waals surface area contributed by atoms with E-state index in [9.17, 15) is 92.7 Å². The summed E-state index contributed by atoms with van der Waals surface area (Å²) in [5.74, 6) is -17.2. The monoisotopic (exact) mass is 1580 g/mol. The van der Waals surface area contributed by atoms with Crippen LogP contribution in [0.3, 0.4) is 0 Å². The number of rotatable bonds is 45. The van der Waals surface area contributed by atoms with Crippen molar-refractivity contribution in [2.45, 2.75) is 165 Å². The van der Waals surface area contributed by atoms with Crippen molar-refractivity contribution in [2.75, 3.05) is 29.6 Å². The van der Waals surface area contributed by atoms with Crippen molar-refractivity contribution in [3.05, 3.63) is 131 Å². The summed E-state index contributed by atoms with van der Waals surface area (Å²) < 4.78 is 0. The number of aromatic hydroxyl groups is 2. The molecule has 0 bridgehead atoms. The van der Waals surface area contributed by atoms with Crippen molar-refractivity contribution in [1.82, 2.24) is 63.8 Å². The summed E-state index contributed by atoms with van der Waals surface area (Å²) in [5, 5.41) is 80.3. The van der Waals surface area contributed by atoms with Gasteiger partial charge in [-0.05, 0) is 77.1 Å². The predicted molar refractivity (Wildman–Crippen MR) is 411 cm³/mol. The number of nitrogens with one attached hydrogen (secondary N) is 12. The average molecular weight is 1580 g/mol. The van der Waals surface area contributed by atoms with Crippen LogP contribution in [0.2, 0.25) is 0 Å². The molecule has 0 heterocycles. The second kappa shape index (κ2) is 45.9. The van der Waals surface area contributed by atoms with Crippen LogP contribution in [0, 0.1) is 17.8 Å². The molecule has 0 aliphatic rings. The van der Waals surface area contributed by atoms with E-state index < -0.39 is 204 Å². The van der Waals surface area contributed by atoms with E-state index in [1.54, 1.807) is 102 Å². The Morgan fingerprint density at radius 1 is 0.343 bits per heavy atom. The Kier molecular flexibility index (Phi) is 38.6. The number of benzene rings is 4. The van der Waals surface area contributed by atoms with E-state index in [4.69, 9.17) is 5.73 Å². The Hall–Kier alpha value is -9.62. The van der Waals surface area contributed by atoms with Crippen LogP contribution in [-0.4, -0.2) is 217 Å². The molecule has 4 rings (SSSR count). The van der Waals surface area contributed by atoms with Gasteiger partial charge in [-0.15, -0.1) is 0 Å². The molecular formula is C72H99N13O19S4. The number of hydrogen-bond acceptors (Lipinski definition) is 22. The molecule has 0 fully saturated rings. The normalized spacial score (nSPS) is 14.8. The number of thiol groups is 4. The standard InChI is InChI=1S/C72H99N13O19S4/c1-37(2)27-48(75-68(99)54(34-106)81-65(96)51(30-42-17-21-44(87)22-18-42)78-67(98)53(32-86)80-70(101)58(38(3)4)84-60(91)46(73)33-105)62(93)77-49(28-40-13-9-7-10-14-40)63(94)74-47(25-26-57(89)90)61(92)76-50(29-41-15-11-8-12-16-41)64(95)82-55(35-107)69(100)79-52(31-43-19-23-45(88)24-20-43)66(97)85-59(39(5)6)71(102)83-56(36-108)72(103)104/h7-24,37-39,46-56,58-59,86-88,105-108H,25-36,73H2,1-6H3,(H,74,94)(H,75,99)(H,76,92)(H,77,93)(H,78,98)(H,79,100)(H,80,101)(H,81,96)(H,82,95)(H,83,102)(H,84,91)(H,85,97)(H,89,90)(H,103,104)/t46-,47-,48-,49-,50-,51-,52-,53-,54-,55-,56-,58-,59-/m0/s1. The molecule has 4 aromatic rings. The molecule has 12 amide bonds. The summed E-state index contributed by atoms with van der Waals surface area (Å²) in [4.78, 5) is 194. The van der Waals surface area contributed by atoms with Crippen molar-refractivity contribution in [3.63, 3.8) is 0 Å². The maximum absolute atomic E-state index is 14.8. The smallest absolute Gasteiger partial charge is 0.327 e. The largest absolute Gasteiger partial charge is 0.508 e. The van der Waals surface area contributed by atoms with E-state index in [0.717, 1.165) is 0 Å². The summed E-state index contributed by atoms with van der Waals surface area (Å²) in [7, 11) is 0. The Morgan fingerprint density at radius 3 is 0.963 bits per heavy atom. The van der Waals surface area contributed by atoms with Gasteiger partial charge in [0.2, 0.25) is 70.9 Å². The highest BCUT2D eigenvalue weighted by Crippen LogP contribution is 2.17. The average Bonchev–Trinajstić information content (AvgIpc) is 0.849. The highest BCUT2D eigenvalue weighted by atomic mass is 32.1. The van der Waals surface area contributed by atoms with Crippen LogP contribution in [0.1, 0.15) is 83.1 Å². The molecule has 32 nitrogen and oxygen atoms in total. The lowest BCUT2D eigenvalue weighted by Crippen LogP contribution is -2.62. The lowest BCUT2D eigenvalue weighted by Gasteiger charge is -2.29. The van der Waals surface area contributed by atoms with E-state index in [-0.39, 0.29) is 61.0 Å². The third kappa shape index (κ3) is 30.6. The van der Waals surface area contributed by atoms with Crippen molar-refractivity contribution in [1.29, 1.82) is 0 Å². The second-order valence-electron chi connectivity index (χ2n) is 26.6. The number of carboxylic acids is 2. The number of hydrogen-bond donors (Lipinski definition) is 22. The van der Waals surface area contributed by atoms with Crippen molar-refractivity contribution in [2.24, 2.45) is 23.5 Å². The molecule has 0 saturated carbocycles. The molecule has 13 atom stereocenters. The Bertz CT molecular complexity index is 3700. The number of aliphatic carboxylic acids is 2. The van der Waals surface area contributed by atoms with E-state index in [1.165, 1.54) is 48.5 Å². The van der Waals surface area contributed by atoms with Gasteiger partial charge >= 0.3 is 11.9 Å². The van der Waals surface area contributed by atoms with E-state index in [0.29, 0.717) is 22.3 Å². The first-order valence-electron chi connectivity index (χ1n) is 34.6. The molecule has 36 heteroatoms. The van der Waals surface area contributed by atoms with Gasteiger partial charge in [-0.1, -0.05) is 126 Å². The first kappa shape index (κ1) is 90.8. The Labute approximate surface area is 647 Å². The van der Waals surface area contributed by atoms with Crippen LogP contribution in [0.25, 0.3) is 0 Å². The van der Waals surface area contributed by atoms with Gasteiger partial charge in [0, 0.05) is 55.1 Å². The van der Waals surface area contributed by atoms with Gasteiger partial charge in [-0.3, -0.25) is 62.3 Å². The summed E-state index contributed by atoms with van der Waals surface area (Å²) in [5.41, 5.74) is 7.55. The fourth-order valence-electron chi connectivity index (χ4n) is 10.6. The van der Waals surface area contributed by atoms with E-state index >= 15 is 0 Å². The molecule has 108 heavy (non-hydrogen) atoms.